The van der Waals surface area contributed by atoms with Gasteiger partial charge in [0.15, 0.2) is 0 Å². The van der Waals surface area contributed by atoms with E-state index in [1.807, 2.05) is 24.4 Å². The lowest BCUT2D eigenvalue weighted by Crippen LogP contribution is -2.37. The zero-order valence-corrected chi connectivity index (χ0v) is 11.8. The Balaban J connectivity index is 2.03. The van der Waals surface area contributed by atoms with Gasteiger partial charge in [-0.05, 0) is 30.5 Å². The summed E-state index contributed by atoms with van der Waals surface area (Å²) in [5, 5.41) is 1.17. The second-order valence-corrected chi connectivity index (χ2v) is 5.33. The third kappa shape index (κ3) is 2.30. The molecule has 4 nitrogen and oxygen atoms in total. The molecule has 4 heteroatoms. The molecule has 0 amide bonds. The van der Waals surface area contributed by atoms with Crippen LogP contribution in [0, 0.1) is 5.92 Å². The summed E-state index contributed by atoms with van der Waals surface area (Å²) in [7, 11) is 0. The van der Waals surface area contributed by atoms with Gasteiger partial charge in [0.1, 0.15) is 0 Å². The van der Waals surface area contributed by atoms with E-state index < -0.39 is 0 Å². The number of nitrogens with zero attached hydrogens (tertiary/aromatic N) is 1. The van der Waals surface area contributed by atoms with Gasteiger partial charge in [0, 0.05) is 24.1 Å². The van der Waals surface area contributed by atoms with Gasteiger partial charge in [0.25, 0.3) is 0 Å². The molecule has 3 unspecified atom stereocenters. The number of hydrogen-bond donors (Lipinski definition) is 2. The monoisotopic (exact) mass is 271 g/mol. The number of ether oxygens (including phenoxy) is 1. The van der Waals surface area contributed by atoms with Crippen LogP contribution in [0.1, 0.15) is 31.4 Å². The topological polar surface area (TPSA) is 60.2 Å². The normalized spacial score (nSPS) is 24.1. The minimum atomic E-state index is 0.107. The first kappa shape index (κ1) is 13.5. The molecule has 2 aromatic rings. The molecular formula is C16H21N3O. The molecule has 1 saturated heterocycles. The Morgan fingerprint density at radius 3 is 3.10 bits per heavy atom. The summed E-state index contributed by atoms with van der Waals surface area (Å²) in [6.45, 7) is 2.99. The van der Waals surface area contributed by atoms with Crippen molar-refractivity contribution in [1.29, 1.82) is 0 Å². The van der Waals surface area contributed by atoms with Gasteiger partial charge < -0.3 is 4.74 Å². The molecule has 0 saturated carbocycles. The lowest BCUT2D eigenvalue weighted by Gasteiger charge is -2.27. The molecule has 0 spiro atoms. The minimum absolute atomic E-state index is 0.107. The van der Waals surface area contributed by atoms with Gasteiger partial charge in [0.05, 0.1) is 17.7 Å². The van der Waals surface area contributed by atoms with E-state index in [4.69, 9.17) is 10.6 Å². The number of hydrazine groups is 1. The average Bonchev–Trinajstić information content (AvgIpc) is 2.97. The number of aromatic nitrogens is 1. The molecule has 2 heterocycles. The zero-order valence-electron chi connectivity index (χ0n) is 11.8. The van der Waals surface area contributed by atoms with Crippen LogP contribution < -0.4 is 11.3 Å². The van der Waals surface area contributed by atoms with Crippen molar-refractivity contribution in [1.82, 2.24) is 10.4 Å². The molecule has 1 aliphatic heterocycles. The van der Waals surface area contributed by atoms with Gasteiger partial charge in [0.2, 0.25) is 0 Å². The third-order valence-corrected chi connectivity index (χ3v) is 4.29. The Morgan fingerprint density at radius 1 is 1.40 bits per heavy atom. The first-order chi connectivity index (χ1) is 9.85. The number of pyridine rings is 1. The fourth-order valence-electron chi connectivity index (χ4n) is 3.31. The molecule has 106 valence electrons. The van der Waals surface area contributed by atoms with Crippen molar-refractivity contribution >= 4 is 10.9 Å². The maximum atomic E-state index is 5.87. The van der Waals surface area contributed by atoms with Crippen molar-refractivity contribution in [2.24, 2.45) is 11.8 Å². The van der Waals surface area contributed by atoms with Crippen LogP contribution in [0.5, 0.6) is 0 Å². The summed E-state index contributed by atoms with van der Waals surface area (Å²) in [6, 6.07) is 10.4. The van der Waals surface area contributed by atoms with Crippen LogP contribution in [0.3, 0.4) is 0 Å². The van der Waals surface area contributed by atoms with Crippen LogP contribution in [-0.2, 0) is 4.74 Å². The summed E-state index contributed by atoms with van der Waals surface area (Å²) in [5.74, 6) is 6.28. The molecule has 1 aliphatic rings. The Hall–Kier alpha value is -1.49. The van der Waals surface area contributed by atoms with Crippen LogP contribution in [0.15, 0.2) is 36.5 Å². The molecule has 1 aromatic carbocycles. The highest BCUT2D eigenvalue weighted by molar-refractivity contribution is 5.82. The van der Waals surface area contributed by atoms with E-state index in [-0.39, 0.29) is 12.1 Å². The number of nitrogens with two attached hydrogens (primary N) is 1. The fourth-order valence-corrected chi connectivity index (χ4v) is 3.31. The molecular weight excluding hydrogens is 250 g/mol. The molecule has 0 bridgehead atoms. The minimum Gasteiger partial charge on any atom is -0.378 e. The first-order valence-corrected chi connectivity index (χ1v) is 7.26. The molecule has 1 aromatic heterocycles. The van der Waals surface area contributed by atoms with Crippen LogP contribution in [0.4, 0.5) is 0 Å². The van der Waals surface area contributed by atoms with E-state index in [1.54, 1.807) is 0 Å². The van der Waals surface area contributed by atoms with Crippen molar-refractivity contribution in [3.05, 3.63) is 42.1 Å². The highest BCUT2D eigenvalue weighted by Gasteiger charge is 2.34. The molecule has 3 rings (SSSR count). The van der Waals surface area contributed by atoms with E-state index in [2.05, 4.69) is 29.5 Å². The molecule has 0 aliphatic carbocycles. The number of rotatable bonds is 4. The van der Waals surface area contributed by atoms with E-state index in [0.717, 1.165) is 25.0 Å². The number of benzene rings is 1. The fraction of sp³-hybridized carbons (Fsp3) is 0.438. The largest absolute Gasteiger partial charge is 0.378 e. The van der Waals surface area contributed by atoms with Crippen molar-refractivity contribution < 1.29 is 4.74 Å². The Bertz CT molecular complexity index is 581. The second-order valence-electron chi connectivity index (χ2n) is 5.33. The lowest BCUT2D eigenvalue weighted by molar-refractivity contribution is 0.0775. The van der Waals surface area contributed by atoms with E-state index >= 15 is 0 Å². The first-order valence-electron chi connectivity index (χ1n) is 7.26. The zero-order chi connectivity index (χ0) is 13.9. The highest BCUT2D eigenvalue weighted by atomic mass is 16.5. The van der Waals surface area contributed by atoms with Gasteiger partial charge in [-0.25, -0.2) is 0 Å². The summed E-state index contributed by atoms with van der Waals surface area (Å²) in [6.07, 6.45) is 4.17. The molecule has 20 heavy (non-hydrogen) atoms. The third-order valence-electron chi connectivity index (χ3n) is 4.29. The number of nitrogens with one attached hydrogen (secondary N) is 1. The maximum absolute atomic E-state index is 5.87. The van der Waals surface area contributed by atoms with E-state index in [9.17, 15) is 0 Å². The highest BCUT2D eigenvalue weighted by Crippen LogP contribution is 2.36. The maximum Gasteiger partial charge on any atom is 0.0705 e. The lowest BCUT2D eigenvalue weighted by atomic mass is 9.85. The van der Waals surface area contributed by atoms with Gasteiger partial charge in [-0.1, -0.05) is 25.1 Å². The van der Waals surface area contributed by atoms with Gasteiger partial charge >= 0.3 is 0 Å². The number of hydrogen-bond acceptors (Lipinski definition) is 4. The smallest absolute Gasteiger partial charge is 0.0705 e. The van der Waals surface area contributed by atoms with E-state index in [1.165, 1.54) is 10.9 Å². The van der Waals surface area contributed by atoms with Crippen LogP contribution in [0.2, 0.25) is 0 Å². The quantitative estimate of drug-likeness (QED) is 0.663. The standard InChI is InChI=1S/C16H21N3O/c1-2-15-13(8-10-20-15)16(19-17)12-5-3-7-14-11(12)6-4-9-18-14/h3-7,9,13,15-16,19H,2,8,10,17H2,1H3. The van der Waals surface area contributed by atoms with Crippen LogP contribution in [0.25, 0.3) is 10.9 Å². The van der Waals surface area contributed by atoms with Crippen molar-refractivity contribution in [2.75, 3.05) is 6.61 Å². The van der Waals surface area contributed by atoms with E-state index in [0.29, 0.717) is 5.92 Å². The van der Waals surface area contributed by atoms with Crippen LogP contribution in [-0.4, -0.2) is 17.7 Å². The average molecular weight is 271 g/mol. The molecule has 3 atom stereocenters. The SMILES string of the molecule is CCC1OCCC1C(NN)c1cccc2ncccc12. The summed E-state index contributed by atoms with van der Waals surface area (Å²) >= 11 is 0. The van der Waals surface area contributed by atoms with Crippen molar-refractivity contribution in [2.45, 2.75) is 31.9 Å². The van der Waals surface area contributed by atoms with Crippen LogP contribution >= 0.6 is 0 Å². The van der Waals surface area contributed by atoms with Gasteiger partial charge in [-0.2, -0.15) is 0 Å². The Morgan fingerprint density at radius 2 is 2.30 bits per heavy atom. The van der Waals surface area contributed by atoms with Crippen molar-refractivity contribution in [3.63, 3.8) is 0 Å². The van der Waals surface area contributed by atoms with Gasteiger partial charge in [-0.15, -0.1) is 0 Å². The van der Waals surface area contributed by atoms with Gasteiger partial charge in [-0.3, -0.25) is 16.3 Å². The predicted molar refractivity (Wildman–Crippen MR) is 79.9 cm³/mol. The Kier molecular flexibility index (Phi) is 3.96. The summed E-state index contributed by atoms with van der Waals surface area (Å²) in [5.41, 5.74) is 5.24. The van der Waals surface area contributed by atoms with Crippen molar-refractivity contribution in [3.8, 4) is 0 Å². The molecule has 3 N–H and O–H groups in total. The summed E-state index contributed by atoms with van der Waals surface area (Å²) in [4.78, 5) is 4.42. The number of fused-ring (bicyclic) bond motifs is 1. The summed E-state index contributed by atoms with van der Waals surface area (Å²) < 4.78 is 5.82. The second kappa shape index (κ2) is 5.87. The molecule has 0 radical (unpaired) electrons. The Labute approximate surface area is 119 Å². The molecule has 1 fully saturated rings. The predicted octanol–water partition coefficient (Wildman–Crippen LogP) is 2.55.